The molecule has 0 radical (unpaired) electrons. The second-order valence-electron chi connectivity index (χ2n) is 6.77. The van der Waals surface area contributed by atoms with Crippen LogP contribution in [0.2, 0.25) is 0 Å². The average Bonchev–Trinajstić information content (AvgIpc) is 2.98. The number of carbonyl (C=O) groups excluding carboxylic acids is 1. The fourth-order valence-electron chi connectivity index (χ4n) is 3.30. The minimum Gasteiger partial charge on any atom is -0.481 e. The van der Waals surface area contributed by atoms with Crippen molar-refractivity contribution in [1.82, 2.24) is 24.6 Å². The summed E-state index contributed by atoms with van der Waals surface area (Å²) >= 11 is 0. The molecule has 1 aliphatic rings. The molecule has 7 heteroatoms. The molecule has 2 aromatic rings. The van der Waals surface area contributed by atoms with Crippen LogP contribution in [0.1, 0.15) is 23.4 Å². The number of ether oxygens (including phenoxy) is 1. The number of hydrogen-bond acceptors (Lipinski definition) is 5. The van der Waals surface area contributed by atoms with Crippen LogP contribution in [0.5, 0.6) is 5.88 Å². The van der Waals surface area contributed by atoms with Crippen molar-refractivity contribution in [2.75, 3.05) is 33.3 Å². The van der Waals surface area contributed by atoms with E-state index in [4.69, 9.17) is 4.74 Å². The van der Waals surface area contributed by atoms with Crippen LogP contribution >= 0.6 is 0 Å². The van der Waals surface area contributed by atoms with E-state index in [0.717, 1.165) is 49.7 Å². The third-order valence-corrected chi connectivity index (χ3v) is 4.78. The zero-order valence-corrected chi connectivity index (χ0v) is 15.8. The van der Waals surface area contributed by atoms with E-state index in [2.05, 4.69) is 15.0 Å². The van der Waals surface area contributed by atoms with E-state index in [0.29, 0.717) is 18.8 Å². The highest BCUT2D eigenvalue weighted by atomic mass is 16.5. The zero-order valence-electron chi connectivity index (χ0n) is 15.8. The van der Waals surface area contributed by atoms with Crippen LogP contribution in [0, 0.1) is 13.8 Å². The quantitative estimate of drug-likeness (QED) is 0.786. The van der Waals surface area contributed by atoms with Gasteiger partial charge in [0.2, 0.25) is 11.8 Å². The lowest BCUT2D eigenvalue weighted by atomic mass is 10.2. The van der Waals surface area contributed by atoms with Gasteiger partial charge in [-0.3, -0.25) is 14.4 Å². The fourth-order valence-corrected chi connectivity index (χ4v) is 3.30. The second-order valence-corrected chi connectivity index (χ2v) is 6.77. The Morgan fingerprint density at radius 2 is 1.96 bits per heavy atom. The maximum absolute atomic E-state index is 12.5. The van der Waals surface area contributed by atoms with E-state index in [9.17, 15) is 4.79 Å². The summed E-state index contributed by atoms with van der Waals surface area (Å²) in [6, 6.07) is 5.96. The number of hydrogen-bond donors (Lipinski definition) is 0. The molecule has 0 saturated carbocycles. The first-order chi connectivity index (χ1) is 12.5. The average molecular weight is 357 g/mol. The Hall–Kier alpha value is -2.41. The number of methoxy groups -OCH3 is 1. The number of rotatable bonds is 6. The monoisotopic (exact) mass is 357 g/mol. The molecular weight excluding hydrogens is 330 g/mol. The summed E-state index contributed by atoms with van der Waals surface area (Å²) < 4.78 is 7.00. The molecule has 2 aromatic heterocycles. The minimum absolute atomic E-state index is 0.211. The molecule has 0 aliphatic carbocycles. The lowest BCUT2D eigenvalue weighted by molar-refractivity contribution is -0.133. The van der Waals surface area contributed by atoms with Gasteiger partial charge in [-0.25, -0.2) is 4.98 Å². The van der Waals surface area contributed by atoms with Crippen LogP contribution in [0.3, 0.4) is 0 Å². The Kier molecular flexibility index (Phi) is 5.88. The van der Waals surface area contributed by atoms with E-state index in [1.807, 2.05) is 47.8 Å². The van der Waals surface area contributed by atoms with Crippen LogP contribution < -0.4 is 4.74 Å². The molecule has 1 amide bonds. The smallest absolute Gasteiger partial charge is 0.224 e. The zero-order chi connectivity index (χ0) is 18.5. The first kappa shape index (κ1) is 18.4. The van der Waals surface area contributed by atoms with Gasteiger partial charge in [-0.15, -0.1) is 0 Å². The number of carbonyl (C=O) groups is 1. The van der Waals surface area contributed by atoms with E-state index >= 15 is 0 Å². The minimum atomic E-state index is 0.211. The van der Waals surface area contributed by atoms with Crippen LogP contribution in [0.4, 0.5) is 0 Å². The summed E-state index contributed by atoms with van der Waals surface area (Å²) in [5.74, 6) is 0.843. The molecule has 0 unspecified atom stereocenters. The Labute approximate surface area is 154 Å². The first-order valence-corrected chi connectivity index (χ1v) is 9.05. The molecule has 140 valence electrons. The molecule has 1 aliphatic heterocycles. The molecule has 1 fully saturated rings. The largest absolute Gasteiger partial charge is 0.481 e. The second kappa shape index (κ2) is 8.31. The van der Waals surface area contributed by atoms with Gasteiger partial charge in [-0.1, -0.05) is 6.07 Å². The van der Waals surface area contributed by atoms with Crippen LogP contribution in [-0.2, 0) is 17.9 Å². The molecule has 26 heavy (non-hydrogen) atoms. The van der Waals surface area contributed by atoms with Crippen LogP contribution in [0.15, 0.2) is 24.4 Å². The molecule has 3 heterocycles. The number of aryl methyl sites for hydroxylation is 3. The number of pyridine rings is 1. The van der Waals surface area contributed by atoms with Gasteiger partial charge in [-0.05, 0) is 25.5 Å². The van der Waals surface area contributed by atoms with Crippen molar-refractivity contribution >= 4 is 5.91 Å². The molecule has 1 saturated heterocycles. The molecule has 0 aromatic carbocycles. The van der Waals surface area contributed by atoms with Crippen LogP contribution in [0.25, 0.3) is 0 Å². The van der Waals surface area contributed by atoms with Gasteiger partial charge in [-0.2, -0.15) is 5.10 Å². The summed E-state index contributed by atoms with van der Waals surface area (Å²) in [6.45, 7) is 8.83. The number of piperazine rings is 1. The fraction of sp³-hybridized carbons (Fsp3) is 0.526. The summed E-state index contributed by atoms with van der Waals surface area (Å²) in [7, 11) is 1.62. The van der Waals surface area contributed by atoms with Gasteiger partial charge in [0.1, 0.15) is 0 Å². The highest BCUT2D eigenvalue weighted by Gasteiger charge is 2.21. The first-order valence-electron chi connectivity index (χ1n) is 9.05. The standard InChI is InChI=1S/C19H27N5O2/c1-15-12-16(2)24(21-15)7-6-19(25)23-10-8-22(9-11-23)14-17-4-5-18(26-3)20-13-17/h4-5,12-13H,6-11,14H2,1-3H3. The van der Waals surface area contributed by atoms with Crippen molar-refractivity contribution in [1.29, 1.82) is 0 Å². The lowest BCUT2D eigenvalue weighted by Gasteiger charge is -2.34. The van der Waals surface area contributed by atoms with Crippen molar-refractivity contribution < 1.29 is 9.53 Å². The third kappa shape index (κ3) is 4.60. The molecule has 3 rings (SSSR count). The van der Waals surface area contributed by atoms with Gasteiger partial charge in [0.15, 0.2) is 0 Å². The molecule has 0 spiro atoms. The Bertz CT molecular complexity index is 733. The number of aromatic nitrogens is 3. The van der Waals surface area contributed by atoms with Gasteiger partial charge >= 0.3 is 0 Å². The maximum Gasteiger partial charge on any atom is 0.224 e. The van der Waals surface area contributed by atoms with Gasteiger partial charge < -0.3 is 9.64 Å². The molecule has 7 nitrogen and oxygen atoms in total. The summed E-state index contributed by atoms with van der Waals surface area (Å²) in [5, 5.41) is 4.42. The van der Waals surface area contributed by atoms with Crippen molar-refractivity contribution in [3.8, 4) is 5.88 Å². The van der Waals surface area contributed by atoms with Crippen molar-refractivity contribution in [3.63, 3.8) is 0 Å². The van der Waals surface area contributed by atoms with Gasteiger partial charge in [0.05, 0.1) is 12.8 Å². The van der Waals surface area contributed by atoms with Crippen molar-refractivity contribution in [3.05, 3.63) is 41.3 Å². The molecule has 0 atom stereocenters. The highest BCUT2D eigenvalue weighted by molar-refractivity contribution is 5.76. The number of amides is 1. The molecule has 0 N–H and O–H groups in total. The lowest BCUT2D eigenvalue weighted by Crippen LogP contribution is -2.48. The van der Waals surface area contributed by atoms with E-state index < -0.39 is 0 Å². The summed E-state index contributed by atoms with van der Waals surface area (Å²) in [5.41, 5.74) is 3.26. The molecular formula is C19H27N5O2. The Morgan fingerprint density at radius 3 is 2.54 bits per heavy atom. The van der Waals surface area contributed by atoms with Crippen LogP contribution in [-0.4, -0.2) is 63.8 Å². The predicted molar refractivity (Wildman–Crippen MR) is 99.0 cm³/mol. The van der Waals surface area contributed by atoms with E-state index in [1.54, 1.807) is 7.11 Å². The summed E-state index contributed by atoms with van der Waals surface area (Å²) in [6.07, 6.45) is 2.36. The third-order valence-electron chi connectivity index (χ3n) is 4.78. The van der Waals surface area contributed by atoms with Crippen molar-refractivity contribution in [2.45, 2.75) is 33.4 Å². The highest BCUT2D eigenvalue weighted by Crippen LogP contribution is 2.12. The molecule has 0 bridgehead atoms. The number of nitrogens with zero attached hydrogens (tertiary/aromatic N) is 5. The van der Waals surface area contributed by atoms with E-state index in [1.165, 1.54) is 0 Å². The predicted octanol–water partition coefficient (Wildman–Crippen LogP) is 1.64. The summed E-state index contributed by atoms with van der Waals surface area (Å²) in [4.78, 5) is 21.0. The van der Waals surface area contributed by atoms with Crippen molar-refractivity contribution in [2.24, 2.45) is 0 Å². The SMILES string of the molecule is COc1ccc(CN2CCN(C(=O)CCn3nc(C)cc3C)CC2)cn1. The van der Waals surface area contributed by atoms with E-state index in [-0.39, 0.29) is 5.91 Å². The Morgan fingerprint density at radius 1 is 1.19 bits per heavy atom. The van der Waals surface area contributed by atoms with Gasteiger partial charge in [0.25, 0.3) is 0 Å². The topological polar surface area (TPSA) is 63.5 Å². The van der Waals surface area contributed by atoms with Gasteiger partial charge in [0, 0.05) is 63.6 Å². The Balaban J connectivity index is 1.43. The normalized spacial score (nSPS) is 15.3. The maximum atomic E-state index is 12.5.